The zero-order chi connectivity index (χ0) is 17.9. The number of furan rings is 1. The summed E-state index contributed by atoms with van der Waals surface area (Å²) in [5.74, 6) is 0.699. The maximum atomic E-state index is 12.5. The molecular formula is C21H19ClN2O2. The lowest BCUT2D eigenvalue weighted by atomic mass is 10.1. The first-order chi connectivity index (χ1) is 12.7. The highest BCUT2D eigenvalue weighted by atomic mass is 35.5. The molecule has 2 heterocycles. The number of benzene rings is 2. The Hall–Kier alpha value is -2.72. The average Bonchev–Trinajstić information content (AvgIpc) is 3.32. The monoisotopic (exact) mass is 366 g/mol. The van der Waals surface area contributed by atoms with E-state index in [9.17, 15) is 4.79 Å². The molecule has 0 aliphatic carbocycles. The lowest BCUT2D eigenvalue weighted by Gasteiger charge is -2.29. The first-order valence-electron chi connectivity index (χ1n) is 8.64. The lowest BCUT2D eigenvalue weighted by Crippen LogP contribution is -2.37. The van der Waals surface area contributed by atoms with Crippen LogP contribution in [-0.4, -0.2) is 19.0 Å². The van der Waals surface area contributed by atoms with Crippen LogP contribution in [0, 0.1) is 0 Å². The normalized spacial score (nSPS) is 14.1. The third kappa shape index (κ3) is 3.33. The summed E-state index contributed by atoms with van der Waals surface area (Å²) in [7, 11) is 0. The Morgan fingerprint density at radius 2 is 2.04 bits per heavy atom. The molecule has 2 aromatic carbocycles. The van der Waals surface area contributed by atoms with Crippen molar-refractivity contribution < 1.29 is 9.21 Å². The van der Waals surface area contributed by atoms with Gasteiger partial charge in [-0.3, -0.25) is 4.79 Å². The summed E-state index contributed by atoms with van der Waals surface area (Å²) in [5, 5.41) is 3.57. The second kappa shape index (κ2) is 7.26. The van der Waals surface area contributed by atoms with Crippen LogP contribution in [-0.2, 0) is 6.42 Å². The molecule has 4 rings (SSSR count). The van der Waals surface area contributed by atoms with E-state index in [1.54, 1.807) is 30.5 Å². The average molecular weight is 367 g/mol. The van der Waals surface area contributed by atoms with Crippen LogP contribution in [0.1, 0.15) is 27.7 Å². The summed E-state index contributed by atoms with van der Waals surface area (Å²) >= 11 is 5.99. The minimum absolute atomic E-state index is 0.0585. The molecule has 0 bridgehead atoms. The van der Waals surface area contributed by atoms with Gasteiger partial charge < -0.3 is 14.6 Å². The summed E-state index contributed by atoms with van der Waals surface area (Å²) < 4.78 is 5.67. The molecule has 1 aliphatic heterocycles. The van der Waals surface area contributed by atoms with Crippen LogP contribution in [0.15, 0.2) is 71.3 Å². The number of para-hydroxylation sites is 1. The van der Waals surface area contributed by atoms with Crippen molar-refractivity contribution in [2.75, 3.05) is 18.0 Å². The van der Waals surface area contributed by atoms with Crippen LogP contribution in [0.4, 0.5) is 5.69 Å². The number of amides is 1. The molecule has 3 aromatic rings. The Morgan fingerprint density at radius 3 is 2.85 bits per heavy atom. The number of hydrogen-bond donors (Lipinski definition) is 1. The molecule has 0 spiro atoms. The SMILES string of the molecule is O=C(NCC(c1ccco1)N1CCc2ccccc21)c1cccc(Cl)c1. The van der Waals surface area contributed by atoms with Crippen molar-refractivity contribution in [2.24, 2.45) is 0 Å². The van der Waals surface area contributed by atoms with Gasteiger partial charge in [0.25, 0.3) is 5.91 Å². The van der Waals surface area contributed by atoms with Crippen LogP contribution >= 0.6 is 11.6 Å². The highest BCUT2D eigenvalue weighted by Gasteiger charge is 2.29. The van der Waals surface area contributed by atoms with Crippen molar-refractivity contribution in [3.63, 3.8) is 0 Å². The van der Waals surface area contributed by atoms with Crippen LogP contribution in [0.3, 0.4) is 0 Å². The fourth-order valence-electron chi connectivity index (χ4n) is 3.45. The van der Waals surface area contributed by atoms with Crippen molar-refractivity contribution >= 4 is 23.2 Å². The molecule has 132 valence electrons. The lowest BCUT2D eigenvalue weighted by molar-refractivity contribution is 0.0950. The van der Waals surface area contributed by atoms with Crippen molar-refractivity contribution in [2.45, 2.75) is 12.5 Å². The van der Waals surface area contributed by atoms with Gasteiger partial charge in [-0.1, -0.05) is 35.9 Å². The van der Waals surface area contributed by atoms with E-state index in [0.717, 1.165) is 18.7 Å². The van der Waals surface area contributed by atoms with E-state index in [-0.39, 0.29) is 11.9 Å². The van der Waals surface area contributed by atoms with Crippen molar-refractivity contribution in [1.82, 2.24) is 5.32 Å². The number of nitrogens with zero attached hydrogens (tertiary/aromatic N) is 1. The molecule has 0 saturated carbocycles. The predicted molar refractivity (Wildman–Crippen MR) is 103 cm³/mol. The van der Waals surface area contributed by atoms with Gasteiger partial charge in [-0.05, 0) is 48.4 Å². The fraction of sp³-hybridized carbons (Fsp3) is 0.190. The minimum Gasteiger partial charge on any atom is -0.467 e. The maximum Gasteiger partial charge on any atom is 0.251 e. The summed E-state index contributed by atoms with van der Waals surface area (Å²) in [6, 6.07) is 19.1. The fourth-order valence-corrected chi connectivity index (χ4v) is 3.64. The van der Waals surface area contributed by atoms with Gasteiger partial charge in [0.15, 0.2) is 0 Å². The number of carbonyl (C=O) groups excluding carboxylic acids is 1. The molecular weight excluding hydrogens is 348 g/mol. The van der Waals surface area contributed by atoms with Crippen molar-refractivity contribution in [1.29, 1.82) is 0 Å². The molecule has 1 unspecified atom stereocenters. The largest absolute Gasteiger partial charge is 0.467 e. The van der Waals surface area contributed by atoms with E-state index >= 15 is 0 Å². The zero-order valence-corrected chi connectivity index (χ0v) is 14.9. The third-order valence-corrected chi connectivity index (χ3v) is 4.95. The van der Waals surface area contributed by atoms with E-state index in [4.69, 9.17) is 16.0 Å². The minimum atomic E-state index is -0.142. The van der Waals surface area contributed by atoms with Gasteiger partial charge in [0.2, 0.25) is 0 Å². The van der Waals surface area contributed by atoms with Gasteiger partial charge in [0.1, 0.15) is 11.8 Å². The quantitative estimate of drug-likeness (QED) is 0.724. The number of nitrogens with one attached hydrogen (secondary N) is 1. The number of hydrogen-bond acceptors (Lipinski definition) is 3. The van der Waals surface area contributed by atoms with Crippen LogP contribution in [0.25, 0.3) is 0 Å². The summed E-state index contributed by atoms with van der Waals surface area (Å²) in [6.45, 7) is 1.35. The standard InChI is InChI=1S/C21H19ClN2O2/c22-17-7-3-6-16(13-17)21(25)23-14-19(20-9-4-12-26-20)24-11-10-15-5-1-2-8-18(15)24/h1-9,12-13,19H,10-11,14H2,(H,23,25). The second-order valence-electron chi connectivity index (χ2n) is 6.32. The molecule has 1 atom stereocenters. The third-order valence-electron chi connectivity index (χ3n) is 4.71. The molecule has 1 N–H and O–H groups in total. The summed E-state index contributed by atoms with van der Waals surface area (Å²) in [5.41, 5.74) is 3.08. The van der Waals surface area contributed by atoms with Gasteiger partial charge in [-0.15, -0.1) is 0 Å². The molecule has 1 aliphatic rings. The Balaban J connectivity index is 1.55. The second-order valence-corrected chi connectivity index (χ2v) is 6.76. The zero-order valence-electron chi connectivity index (χ0n) is 14.2. The molecule has 1 aromatic heterocycles. The number of carbonyl (C=O) groups is 1. The van der Waals surface area contributed by atoms with E-state index in [1.807, 2.05) is 18.2 Å². The summed E-state index contributed by atoms with van der Waals surface area (Å²) in [6.07, 6.45) is 2.67. The Kier molecular flexibility index (Phi) is 4.67. The first-order valence-corrected chi connectivity index (χ1v) is 9.02. The highest BCUT2D eigenvalue weighted by Crippen LogP contribution is 2.35. The van der Waals surface area contributed by atoms with Crippen molar-refractivity contribution in [3.8, 4) is 0 Å². The molecule has 0 saturated heterocycles. The van der Waals surface area contributed by atoms with Gasteiger partial charge in [0.05, 0.1) is 6.26 Å². The van der Waals surface area contributed by atoms with Gasteiger partial charge >= 0.3 is 0 Å². The van der Waals surface area contributed by atoms with Crippen LogP contribution < -0.4 is 10.2 Å². The molecule has 4 nitrogen and oxygen atoms in total. The van der Waals surface area contributed by atoms with Gasteiger partial charge in [-0.25, -0.2) is 0 Å². The van der Waals surface area contributed by atoms with Gasteiger partial charge in [-0.2, -0.15) is 0 Å². The first kappa shape index (κ1) is 16.7. The number of anilines is 1. The number of halogens is 1. The maximum absolute atomic E-state index is 12.5. The molecule has 1 amide bonds. The molecule has 26 heavy (non-hydrogen) atoms. The number of fused-ring (bicyclic) bond motifs is 1. The highest BCUT2D eigenvalue weighted by molar-refractivity contribution is 6.30. The van der Waals surface area contributed by atoms with E-state index in [2.05, 4.69) is 28.4 Å². The van der Waals surface area contributed by atoms with Crippen LogP contribution in [0.5, 0.6) is 0 Å². The van der Waals surface area contributed by atoms with E-state index < -0.39 is 0 Å². The van der Waals surface area contributed by atoms with Crippen molar-refractivity contribution in [3.05, 3.63) is 88.8 Å². The predicted octanol–water partition coefficient (Wildman–Crippen LogP) is 4.47. The smallest absolute Gasteiger partial charge is 0.251 e. The van der Waals surface area contributed by atoms with Crippen LogP contribution in [0.2, 0.25) is 5.02 Å². The van der Waals surface area contributed by atoms with Gasteiger partial charge in [0, 0.05) is 29.4 Å². The van der Waals surface area contributed by atoms with E-state index in [1.165, 1.54) is 11.3 Å². The van der Waals surface area contributed by atoms with E-state index in [0.29, 0.717) is 17.1 Å². The molecule has 0 fully saturated rings. The Bertz CT molecular complexity index is 908. The number of rotatable bonds is 5. The molecule has 0 radical (unpaired) electrons. The topological polar surface area (TPSA) is 45.5 Å². The Labute approximate surface area is 157 Å². The Morgan fingerprint density at radius 1 is 1.15 bits per heavy atom. The summed E-state index contributed by atoms with van der Waals surface area (Å²) in [4.78, 5) is 14.8. The molecule has 5 heteroatoms.